The predicted molar refractivity (Wildman–Crippen MR) is 122 cm³/mol. The van der Waals surface area contributed by atoms with Gasteiger partial charge in [0.2, 0.25) is 0 Å². The zero-order valence-electron chi connectivity index (χ0n) is 18.6. The first-order valence-corrected chi connectivity index (χ1v) is 11.2. The molecule has 1 unspecified atom stereocenters. The number of rotatable bonds is 8. The molecule has 0 radical (unpaired) electrons. The van der Waals surface area contributed by atoms with Gasteiger partial charge < -0.3 is 19.9 Å². The fourth-order valence-corrected chi connectivity index (χ4v) is 4.44. The molecule has 2 saturated heterocycles. The third kappa shape index (κ3) is 6.61. The molecule has 162 valence electrons. The Hall–Kier alpha value is -1.79. The van der Waals surface area contributed by atoms with E-state index in [0.29, 0.717) is 5.92 Å². The highest BCUT2D eigenvalue weighted by atomic mass is 16.5. The maximum atomic E-state index is 5.30. The highest BCUT2D eigenvalue weighted by molar-refractivity contribution is 5.80. The van der Waals surface area contributed by atoms with Crippen molar-refractivity contribution in [2.24, 2.45) is 10.9 Å². The number of guanidine groups is 1. The lowest BCUT2D eigenvalue weighted by Gasteiger charge is -2.36. The van der Waals surface area contributed by atoms with Crippen LogP contribution >= 0.6 is 0 Å². The van der Waals surface area contributed by atoms with E-state index in [-0.39, 0.29) is 0 Å². The molecule has 6 nitrogen and oxygen atoms in total. The number of benzene rings is 1. The number of anilines is 1. The van der Waals surface area contributed by atoms with Crippen molar-refractivity contribution < 1.29 is 4.74 Å². The number of aryl methyl sites for hydroxylation is 1. The molecule has 29 heavy (non-hydrogen) atoms. The van der Waals surface area contributed by atoms with Crippen LogP contribution in [0.25, 0.3) is 0 Å². The number of hydrogen-bond donors (Lipinski definition) is 1. The number of likely N-dealkylation sites (tertiary alicyclic amines) is 1. The molecule has 2 heterocycles. The first-order chi connectivity index (χ1) is 14.2. The standard InChI is InChI=1S/C23H39N5O/c1-20-7-6-8-22(17-20)27-15-13-26(14-16-27)11-5-4-10-25-23(24-2)28-12-9-21(18-28)19-29-3/h6-8,17,21H,4-5,9-16,18-19H2,1-3H3,(H,24,25). The van der Waals surface area contributed by atoms with Gasteiger partial charge in [0.1, 0.15) is 0 Å². The molecule has 1 aromatic carbocycles. The summed E-state index contributed by atoms with van der Waals surface area (Å²) < 4.78 is 5.30. The predicted octanol–water partition coefficient (Wildman–Crippen LogP) is 2.44. The van der Waals surface area contributed by atoms with Gasteiger partial charge in [-0.2, -0.15) is 0 Å². The second-order valence-corrected chi connectivity index (χ2v) is 8.40. The van der Waals surface area contributed by atoms with Gasteiger partial charge in [0.05, 0.1) is 6.61 Å². The normalized spacial score (nSPS) is 21.1. The molecule has 2 aliphatic heterocycles. The number of piperazine rings is 1. The average molecular weight is 402 g/mol. The van der Waals surface area contributed by atoms with Crippen LogP contribution in [0, 0.1) is 12.8 Å². The van der Waals surface area contributed by atoms with Crippen LogP contribution in [0.15, 0.2) is 29.3 Å². The Labute approximate surface area is 176 Å². The summed E-state index contributed by atoms with van der Waals surface area (Å²) in [4.78, 5) is 12.0. The molecule has 0 amide bonds. The molecule has 3 rings (SSSR count). The fraction of sp³-hybridized carbons (Fsp3) is 0.696. The third-order valence-electron chi connectivity index (χ3n) is 6.12. The van der Waals surface area contributed by atoms with Gasteiger partial charge in [-0.05, 0) is 50.4 Å². The second-order valence-electron chi connectivity index (χ2n) is 8.40. The summed E-state index contributed by atoms with van der Waals surface area (Å²) in [6.07, 6.45) is 3.62. The summed E-state index contributed by atoms with van der Waals surface area (Å²) in [5.74, 6) is 1.69. The van der Waals surface area contributed by atoms with Crippen molar-refractivity contribution in [2.45, 2.75) is 26.2 Å². The van der Waals surface area contributed by atoms with Gasteiger partial charge in [-0.25, -0.2) is 0 Å². The minimum Gasteiger partial charge on any atom is -0.384 e. The minimum absolute atomic E-state index is 0.636. The second kappa shape index (κ2) is 11.4. The molecule has 6 heteroatoms. The van der Waals surface area contributed by atoms with Crippen molar-refractivity contribution in [2.75, 3.05) is 78.0 Å². The lowest BCUT2D eigenvalue weighted by atomic mass is 10.1. The van der Waals surface area contributed by atoms with E-state index in [4.69, 9.17) is 4.74 Å². The monoisotopic (exact) mass is 401 g/mol. The number of hydrogen-bond acceptors (Lipinski definition) is 4. The van der Waals surface area contributed by atoms with Gasteiger partial charge in [0, 0.05) is 71.6 Å². The lowest BCUT2D eigenvalue weighted by Crippen LogP contribution is -2.46. The van der Waals surface area contributed by atoms with E-state index >= 15 is 0 Å². The molecule has 0 bridgehead atoms. The average Bonchev–Trinajstić information content (AvgIpc) is 3.20. The van der Waals surface area contributed by atoms with Gasteiger partial charge in [-0.1, -0.05) is 12.1 Å². The minimum atomic E-state index is 0.636. The molecule has 2 fully saturated rings. The summed E-state index contributed by atoms with van der Waals surface area (Å²) in [6, 6.07) is 8.87. The molecule has 0 aliphatic carbocycles. The Morgan fingerprint density at radius 2 is 2.00 bits per heavy atom. The molecule has 1 atom stereocenters. The number of unbranched alkanes of at least 4 members (excludes halogenated alkanes) is 1. The molecular weight excluding hydrogens is 362 g/mol. The van der Waals surface area contributed by atoms with Crippen LogP contribution in [0.1, 0.15) is 24.8 Å². The van der Waals surface area contributed by atoms with Gasteiger partial charge in [-0.3, -0.25) is 9.89 Å². The maximum absolute atomic E-state index is 5.30. The molecular formula is C23H39N5O. The highest BCUT2D eigenvalue weighted by Gasteiger charge is 2.24. The van der Waals surface area contributed by atoms with Gasteiger partial charge in [0.25, 0.3) is 0 Å². The molecule has 0 aromatic heterocycles. The summed E-state index contributed by atoms with van der Waals surface area (Å²) in [6.45, 7) is 11.9. The number of aliphatic imine (C=N–C) groups is 1. The summed E-state index contributed by atoms with van der Waals surface area (Å²) in [5, 5.41) is 3.55. The smallest absolute Gasteiger partial charge is 0.193 e. The van der Waals surface area contributed by atoms with Crippen molar-refractivity contribution in [3.63, 3.8) is 0 Å². The Morgan fingerprint density at radius 1 is 1.17 bits per heavy atom. The molecule has 0 saturated carbocycles. The zero-order chi connectivity index (χ0) is 20.5. The first-order valence-electron chi connectivity index (χ1n) is 11.2. The van der Waals surface area contributed by atoms with Gasteiger partial charge in [0.15, 0.2) is 5.96 Å². The fourth-order valence-electron chi connectivity index (χ4n) is 4.44. The quantitative estimate of drug-likeness (QED) is 0.412. The number of nitrogens with one attached hydrogen (secondary N) is 1. The molecule has 2 aliphatic rings. The molecule has 1 N–H and O–H groups in total. The van der Waals surface area contributed by atoms with E-state index < -0.39 is 0 Å². The lowest BCUT2D eigenvalue weighted by molar-refractivity contribution is 0.157. The van der Waals surface area contributed by atoms with Crippen LogP contribution in [0.5, 0.6) is 0 Å². The van der Waals surface area contributed by atoms with E-state index in [1.807, 2.05) is 7.05 Å². The van der Waals surface area contributed by atoms with E-state index in [0.717, 1.165) is 58.4 Å². The number of methoxy groups -OCH3 is 1. The summed E-state index contributed by atoms with van der Waals surface area (Å²) in [5.41, 5.74) is 2.71. The molecule has 0 spiro atoms. The first kappa shape index (κ1) is 21.9. The Balaban J connectivity index is 1.28. The van der Waals surface area contributed by atoms with E-state index in [1.54, 1.807) is 7.11 Å². The van der Waals surface area contributed by atoms with E-state index in [9.17, 15) is 0 Å². The highest BCUT2D eigenvalue weighted by Crippen LogP contribution is 2.18. The number of ether oxygens (including phenoxy) is 1. The Bertz CT molecular complexity index is 642. The molecule has 1 aromatic rings. The van der Waals surface area contributed by atoms with Crippen molar-refractivity contribution in [3.05, 3.63) is 29.8 Å². The topological polar surface area (TPSA) is 43.3 Å². The van der Waals surface area contributed by atoms with Crippen LogP contribution in [-0.2, 0) is 4.74 Å². The number of nitrogens with zero attached hydrogens (tertiary/aromatic N) is 4. The summed E-state index contributed by atoms with van der Waals surface area (Å²) >= 11 is 0. The summed E-state index contributed by atoms with van der Waals surface area (Å²) in [7, 11) is 3.68. The van der Waals surface area contributed by atoms with Crippen molar-refractivity contribution in [1.82, 2.24) is 15.1 Å². The Kier molecular flexibility index (Phi) is 8.62. The van der Waals surface area contributed by atoms with Crippen molar-refractivity contribution >= 4 is 11.6 Å². The zero-order valence-corrected chi connectivity index (χ0v) is 18.6. The maximum Gasteiger partial charge on any atom is 0.193 e. The van der Waals surface area contributed by atoms with Crippen LogP contribution in [0.3, 0.4) is 0 Å². The largest absolute Gasteiger partial charge is 0.384 e. The van der Waals surface area contributed by atoms with Crippen LogP contribution in [-0.4, -0.2) is 88.9 Å². The SMILES string of the molecule is CN=C(NCCCCN1CCN(c2cccc(C)c2)CC1)N1CCC(COC)C1. The van der Waals surface area contributed by atoms with Crippen LogP contribution < -0.4 is 10.2 Å². The van der Waals surface area contributed by atoms with Crippen LogP contribution in [0.4, 0.5) is 5.69 Å². The van der Waals surface area contributed by atoms with E-state index in [1.165, 1.54) is 37.1 Å². The van der Waals surface area contributed by atoms with Crippen molar-refractivity contribution in [1.29, 1.82) is 0 Å². The van der Waals surface area contributed by atoms with Gasteiger partial charge >= 0.3 is 0 Å². The third-order valence-corrected chi connectivity index (χ3v) is 6.12. The van der Waals surface area contributed by atoms with Crippen molar-refractivity contribution in [3.8, 4) is 0 Å². The van der Waals surface area contributed by atoms with Crippen LogP contribution in [0.2, 0.25) is 0 Å². The van der Waals surface area contributed by atoms with E-state index in [2.05, 4.69) is 56.2 Å². The van der Waals surface area contributed by atoms with Gasteiger partial charge in [-0.15, -0.1) is 0 Å². The Morgan fingerprint density at radius 3 is 2.72 bits per heavy atom.